The molecule has 1 saturated heterocycles. The van der Waals surface area contributed by atoms with Crippen molar-refractivity contribution in [1.82, 2.24) is 24.8 Å². The second-order valence-corrected chi connectivity index (χ2v) is 6.15. The number of benzene rings is 1. The third-order valence-electron chi connectivity index (χ3n) is 4.41. The van der Waals surface area contributed by atoms with Crippen LogP contribution in [0, 0.1) is 6.07 Å². The Hall–Kier alpha value is -2.24. The van der Waals surface area contributed by atoms with Crippen molar-refractivity contribution in [2.45, 2.75) is 6.54 Å². The van der Waals surface area contributed by atoms with Crippen LogP contribution in [0.5, 0.6) is 0 Å². The minimum absolute atomic E-state index is 0.781. The lowest BCUT2D eigenvalue weighted by Gasteiger charge is -2.32. The maximum atomic E-state index is 4.55. The number of imidazole rings is 1. The summed E-state index contributed by atoms with van der Waals surface area (Å²) in [4.78, 5) is 17.0. The van der Waals surface area contributed by atoms with Gasteiger partial charge in [-0.2, -0.15) is 0 Å². The molecule has 1 N–H and O–H groups in total. The molecule has 2 aromatic heterocycles. The average molecular weight is 306 g/mol. The van der Waals surface area contributed by atoms with E-state index in [2.05, 4.69) is 62.1 Å². The molecule has 1 aliphatic rings. The lowest BCUT2D eigenvalue weighted by atomic mass is 10.1. The summed E-state index contributed by atoms with van der Waals surface area (Å²) >= 11 is 0. The van der Waals surface area contributed by atoms with Gasteiger partial charge in [0.1, 0.15) is 11.3 Å². The first-order valence-electron chi connectivity index (χ1n) is 8.00. The third kappa shape index (κ3) is 3.11. The van der Waals surface area contributed by atoms with Crippen LogP contribution >= 0.6 is 0 Å². The molecular weight excluding hydrogens is 286 g/mol. The number of fused-ring (bicyclic) bond motifs is 1. The summed E-state index contributed by atoms with van der Waals surface area (Å²) < 4.78 is 0. The molecule has 3 aromatic rings. The third-order valence-corrected chi connectivity index (χ3v) is 4.41. The Bertz CT molecular complexity index is 752. The first-order chi connectivity index (χ1) is 11.3. The van der Waals surface area contributed by atoms with E-state index >= 15 is 0 Å². The second-order valence-electron chi connectivity index (χ2n) is 6.15. The fourth-order valence-corrected chi connectivity index (χ4v) is 2.96. The molecule has 117 valence electrons. The number of nitrogens with one attached hydrogen (secondary N) is 1. The van der Waals surface area contributed by atoms with Gasteiger partial charge < -0.3 is 9.88 Å². The highest BCUT2D eigenvalue weighted by molar-refractivity contribution is 5.74. The molecule has 1 radical (unpaired) electrons. The molecule has 1 aliphatic heterocycles. The van der Waals surface area contributed by atoms with E-state index in [0.717, 1.165) is 55.3 Å². The van der Waals surface area contributed by atoms with Gasteiger partial charge in [0.25, 0.3) is 0 Å². The van der Waals surface area contributed by atoms with E-state index in [0.29, 0.717) is 0 Å². The van der Waals surface area contributed by atoms with E-state index in [1.54, 1.807) is 12.3 Å². The number of aromatic nitrogens is 3. The van der Waals surface area contributed by atoms with Crippen LogP contribution in [0.2, 0.25) is 0 Å². The zero-order valence-electron chi connectivity index (χ0n) is 13.3. The summed E-state index contributed by atoms with van der Waals surface area (Å²) in [6.07, 6.45) is 1.73. The number of piperazine rings is 1. The zero-order chi connectivity index (χ0) is 15.6. The highest BCUT2D eigenvalue weighted by atomic mass is 15.2. The Morgan fingerprint density at radius 1 is 1.13 bits per heavy atom. The molecule has 0 bridgehead atoms. The Morgan fingerprint density at radius 2 is 1.91 bits per heavy atom. The van der Waals surface area contributed by atoms with Crippen molar-refractivity contribution >= 4 is 11.2 Å². The van der Waals surface area contributed by atoms with Crippen molar-refractivity contribution in [3.8, 4) is 11.4 Å². The lowest BCUT2D eigenvalue weighted by molar-refractivity contribution is 0.148. The highest BCUT2D eigenvalue weighted by Crippen LogP contribution is 2.20. The van der Waals surface area contributed by atoms with Crippen LogP contribution in [0.15, 0.2) is 36.5 Å². The number of H-pyrrole nitrogens is 1. The van der Waals surface area contributed by atoms with E-state index in [9.17, 15) is 0 Å². The van der Waals surface area contributed by atoms with Gasteiger partial charge in [0.15, 0.2) is 5.65 Å². The van der Waals surface area contributed by atoms with Gasteiger partial charge in [0, 0.05) is 50.6 Å². The van der Waals surface area contributed by atoms with E-state index in [1.807, 2.05) is 0 Å². The zero-order valence-corrected chi connectivity index (χ0v) is 13.3. The number of hydrogen-bond donors (Lipinski definition) is 1. The predicted molar refractivity (Wildman–Crippen MR) is 90.9 cm³/mol. The molecule has 0 unspecified atom stereocenters. The Kier molecular flexibility index (Phi) is 3.81. The normalized spacial score (nSPS) is 16.9. The molecule has 1 fully saturated rings. The molecule has 0 aliphatic carbocycles. The smallest absolute Gasteiger partial charge is 0.158 e. The van der Waals surface area contributed by atoms with Crippen LogP contribution < -0.4 is 0 Å². The first-order valence-corrected chi connectivity index (χ1v) is 8.00. The van der Waals surface area contributed by atoms with E-state index in [-0.39, 0.29) is 0 Å². The summed E-state index contributed by atoms with van der Waals surface area (Å²) in [5, 5.41) is 0. The van der Waals surface area contributed by atoms with E-state index < -0.39 is 0 Å². The van der Waals surface area contributed by atoms with Gasteiger partial charge >= 0.3 is 0 Å². The maximum Gasteiger partial charge on any atom is 0.158 e. The number of nitrogens with zero attached hydrogens (tertiary/aromatic N) is 4. The average Bonchev–Trinajstić information content (AvgIpc) is 3.02. The largest absolute Gasteiger partial charge is 0.323 e. The lowest BCUT2D eigenvalue weighted by Crippen LogP contribution is -2.43. The summed E-state index contributed by atoms with van der Waals surface area (Å²) in [5.41, 5.74) is 3.99. The standard InChI is InChI=1S/C18H20N5/c1-22-9-11-23(12-10-22)13-14-4-6-15(7-5-14)17-20-16-3-2-8-19-18(16)21-17/h2,4-8H,9-13H2,1H3,(H,19,20,21). The van der Waals surface area contributed by atoms with Crippen LogP contribution in [0.3, 0.4) is 0 Å². The Morgan fingerprint density at radius 3 is 2.65 bits per heavy atom. The van der Waals surface area contributed by atoms with Crippen LogP contribution in [0.25, 0.3) is 22.6 Å². The quantitative estimate of drug-likeness (QED) is 0.806. The van der Waals surface area contributed by atoms with Gasteiger partial charge in [-0.3, -0.25) is 4.90 Å². The van der Waals surface area contributed by atoms with Crippen molar-refractivity contribution in [3.05, 3.63) is 48.2 Å². The fourth-order valence-electron chi connectivity index (χ4n) is 2.96. The first kappa shape index (κ1) is 14.4. The van der Waals surface area contributed by atoms with Crippen LogP contribution in [0.1, 0.15) is 5.56 Å². The van der Waals surface area contributed by atoms with Crippen molar-refractivity contribution in [3.63, 3.8) is 0 Å². The minimum Gasteiger partial charge on any atom is -0.323 e. The van der Waals surface area contributed by atoms with Gasteiger partial charge in [0.2, 0.25) is 0 Å². The molecule has 0 saturated carbocycles. The molecular formula is C18H20N5. The van der Waals surface area contributed by atoms with Crippen molar-refractivity contribution in [1.29, 1.82) is 0 Å². The monoisotopic (exact) mass is 306 g/mol. The van der Waals surface area contributed by atoms with Crippen LogP contribution in [-0.2, 0) is 6.54 Å². The number of likely N-dealkylation sites (N-methyl/N-ethyl adjacent to an activating group) is 1. The Labute approximate surface area is 136 Å². The highest BCUT2D eigenvalue weighted by Gasteiger charge is 2.14. The van der Waals surface area contributed by atoms with E-state index in [1.165, 1.54) is 5.56 Å². The summed E-state index contributed by atoms with van der Waals surface area (Å²) in [5.74, 6) is 0.848. The molecule has 4 rings (SSSR count). The number of pyridine rings is 1. The summed E-state index contributed by atoms with van der Waals surface area (Å²) in [6, 6.07) is 13.5. The maximum absolute atomic E-state index is 4.55. The number of aromatic amines is 1. The predicted octanol–water partition coefficient (Wildman–Crippen LogP) is 2.17. The molecule has 3 heterocycles. The van der Waals surface area contributed by atoms with Gasteiger partial charge in [-0.25, -0.2) is 9.97 Å². The molecule has 0 atom stereocenters. The van der Waals surface area contributed by atoms with Crippen molar-refractivity contribution < 1.29 is 0 Å². The topological polar surface area (TPSA) is 48.1 Å². The van der Waals surface area contributed by atoms with Crippen molar-refractivity contribution in [2.75, 3.05) is 33.2 Å². The van der Waals surface area contributed by atoms with Gasteiger partial charge in [-0.15, -0.1) is 0 Å². The van der Waals surface area contributed by atoms with Gasteiger partial charge in [0.05, 0.1) is 0 Å². The Balaban J connectivity index is 1.49. The second kappa shape index (κ2) is 6.10. The molecule has 5 nitrogen and oxygen atoms in total. The molecule has 1 aromatic carbocycles. The van der Waals surface area contributed by atoms with E-state index in [4.69, 9.17) is 0 Å². The summed E-state index contributed by atoms with van der Waals surface area (Å²) in [6.45, 7) is 5.61. The fraction of sp³-hybridized carbons (Fsp3) is 0.333. The van der Waals surface area contributed by atoms with Crippen LogP contribution in [0.4, 0.5) is 0 Å². The number of rotatable bonds is 3. The molecule has 5 heteroatoms. The van der Waals surface area contributed by atoms with Crippen LogP contribution in [-0.4, -0.2) is 58.0 Å². The minimum atomic E-state index is 0.781. The molecule has 23 heavy (non-hydrogen) atoms. The number of hydrogen-bond acceptors (Lipinski definition) is 4. The summed E-state index contributed by atoms with van der Waals surface area (Å²) in [7, 11) is 2.19. The molecule has 0 amide bonds. The SMILES string of the molecule is CN1CCN(Cc2ccc(-c3nc4[c]ccnc4[nH]3)cc2)CC1. The molecule has 0 spiro atoms. The van der Waals surface area contributed by atoms with Gasteiger partial charge in [-0.05, 0) is 18.7 Å². The van der Waals surface area contributed by atoms with Gasteiger partial charge in [-0.1, -0.05) is 24.3 Å². The van der Waals surface area contributed by atoms with Crippen molar-refractivity contribution in [2.24, 2.45) is 0 Å².